The minimum absolute atomic E-state index is 0.505. The van der Waals surface area contributed by atoms with Gasteiger partial charge in [0.05, 0.1) is 35.5 Å². The molecule has 0 radical (unpaired) electrons. The summed E-state index contributed by atoms with van der Waals surface area (Å²) in [5, 5.41) is 3.09. The van der Waals surface area contributed by atoms with E-state index >= 15 is 0 Å². The number of hydrogen-bond acceptors (Lipinski definition) is 4. The summed E-state index contributed by atoms with van der Waals surface area (Å²) >= 11 is 13.7. The molecule has 3 aromatic heterocycles. The fourth-order valence-electron chi connectivity index (χ4n) is 2.43. The lowest BCUT2D eigenvalue weighted by molar-refractivity contribution is 0.489. The Balaban J connectivity index is 1.86. The summed E-state index contributed by atoms with van der Waals surface area (Å²) in [5.74, 6) is 1.60. The number of rotatable bonds is 4. The van der Waals surface area contributed by atoms with Crippen molar-refractivity contribution in [1.82, 2.24) is 4.57 Å². The standard InChI is InChI=1S/C18H12Cl2N2O2S/c19-12-5-6-15(14(20)9-12)21-18-22(10-13-3-1-7-23-13)16(11-25-18)17-4-2-8-24-17/h1-9,11H,10H2. The van der Waals surface area contributed by atoms with Crippen molar-refractivity contribution in [2.45, 2.75) is 6.54 Å². The van der Waals surface area contributed by atoms with Crippen molar-refractivity contribution < 1.29 is 8.83 Å². The smallest absolute Gasteiger partial charge is 0.190 e. The third kappa shape index (κ3) is 3.44. The highest BCUT2D eigenvalue weighted by molar-refractivity contribution is 7.07. The quantitative estimate of drug-likeness (QED) is 0.429. The van der Waals surface area contributed by atoms with E-state index < -0.39 is 0 Å². The maximum atomic E-state index is 6.26. The Hall–Kier alpha value is -2.21. The number of aromatic nitrogens is 1. The van der Waals surface area contributed by atoms with E-state index in [1.165, 1.54) is 11.3 Å². The molecule has 0 aliphatic carbocycles. The summed E-state index contributed by atoms with van der Waals surface area (Å²) in [5.41, 5.74) is 1.59. The van der Waals surface area contributed by atoms with Crippen LogP contribution in [0.4, 0.5) is 5.69 Å². The molecular weight excluding hydrogens is 379 g/mol. The fraction of sp³-hybridized carbons (Fsp3) is 0.0556. The van der Waals surface area contributed by atoms with Gasteiger partial charge in [-0.05, 0) is 42.5 Å². The van der Waals surface area contributed by atoms with E-state index in [4.69, 9.17) is 37.0 Å². The van der Waals surface area contributed by atoms with Gasteiger partial charge in [-0.2, -0.15) is 0 Å². The Kier molecular flexibility index (Phi) is 4.53. The average molecular weight is 391 g/mol. The van der Waals surface area contributed by atoms with Crippen LogP contribution in [0.15, 0.2) is 74.2 Å². The van der Waals surface area contributed by atoms with Gasteiger partial charge in [-0.15, -0.1) is 11.3 Å². The van der Waals surface area contributed by atoms with Crippen molar-refractivity contribution in [3.05, 3.63) is 81.0 Å². The van der Waals surface area contributed by atoms with Gasteiger partial charge < -0.3 is 13.4 Å². The molecule has 0 saturated heterocycles. The minimum atomic E-state index is 0.505. The summed E-state index contributed by atoms with van der Waals surface area (Å²) in [7, 11) is 0. The van der Waals surface area contributed by atoms with Crippen LogP contribution in [0.5, 0.6) is 0 Å². The van der Waals surface area contributed by atoms with E-state index in [1.807, 2.05) is 34.2 Å². The molecule has 0 unspecified atom stereocenters. The molecule has 0 saturated carbocycles. The van der Waals surface area contributed by atoms with Crippen molar-refractivity contribution in [3.63, 3.8) is 0 Å². The predicted octanol–water partition coefficient (Wildman–Crippen LogP) is 5.99. The highest BCUT2D eigenvalue weighted by Crippen LogP contribution is 2.28. The van der Waals surface area contributed by atoms with Crippen LogP contribution in [0.1, 0.15) is 5.76 Å². The molecule has 1 aromatic carbocycles. The van der Waals surface area contributed by atoms with Crippen molar-refractivity contribution in [2.75, 3.05) is 0 Å². The van der Waals surface area contributed by atoms with Crippen LogP contribution in [0.25, 0.3) is 11.5 Å². The Bertz CT molecular complexity index is 1050. The van der Waals surface area contributed by atoms with Crippen LogP contribution in [0.2, 0.25) is 10.0 Å². The van der Waals surface area contributed by atoms with E-state index in [-0.39, 0.29) is 0 Å². The Morgan fingerprint density at radius 3 is 2.60 bits per heavy atom. The third-order valence-electron chi connectivity index (χ3n) is 3.59. The number of furan rings is 2. The summed E-state index contributed by atoms with van der Waals surface area (Å²) in [6, 6.07) is 12.8. The van der Waals surface area contributed by atoms with Gasteiger partial charge in [-0.3, -0.25) is 0 Å². The average Bonchev–Trinajstić information content (AvgIpc) is 3.33. The molecule has 0 spiro atoms. The molecule has 0 amide bonds. The molecule has 4 nitrogen and oxygen atoms in total. The zero-order valence-corrected chi connectivity index (χ0v) is 15.2. The van der Waals surface area contributed by atoms with E-state index in [0.29, 0.717) is 22.3 Å². The molecule has 4 rings (SSSR count). The molecule has 3 heterocycles. The Morgan fingerprint density at radius 1 is 1.04 bits per heavy atom. The maximum absolute atomic E-state index is 6.26. The van der Waals surface area contributed by atoms with Gasteiger partial charge in [0.25, 0.3) is 0 Å². The van der Waals surface area contributed by atoms with Gasteiger partial charge in [0.1, 0.15) is 5.76 Å². The first-order valence-corrected chi connectivity index (χ1v) is 9.08. The molecular formula is C18H12Cl2N2O2S. The van der Waals surface area contributed by atoms with Gasteiger partial charge in [0.15, 0.2) is 10.6 Å². The van der Waals surface area contributed by atoms with E-state index in [2.05, 4.69) is 0 Å². The molecule has 25 heavy (non-hydrogen) atoms. The molecule has 0 bridgehead atoms. The zero-order chi connectivity index (χ0) is 17.2. The summed E-state index contributed by atoms with van der Waals surface area (Å²) < 4.78 is 13.1. The third-order valence-corrected chi connectivity index (χ3v) is 4.99. The second kappa shape index (κ2) is 6.96. The maximum Gasteiger partial charge on any atom is 0.190 e. The largest absolute Gasteiger partial charge is 0.467 e. The molecule has 0 atom stereocenters. The number of halogens is 2. The monoisotopic (exact) mass is 390 g/mol. The van der Waals surface area contributed by atoms with Crippen LogP contribution in [0.3, 0.4) is 0 Å². The van der Waals surface area contributed by atoms with Gasteiger partial charge >= 0.3 is 0 Å². The Morgan fingerprint density at radius 2 is 1.88 bits per heavy atom. The van der Waals surface area contributed by atoms with Crippen LogP contribution in [-0.4, -0.2) is 4.57 Å². The first-order valence-electron chi connectivity index (χ1n) is 7.45. The number of nitrogens with zero attached hydrogens (tertiary/aromatic N) is 2. The molecule has 0 N–H and O–H groups in total. The molecule has 0 aliphatic rings. The second-order valence-corrected chi connectivity index (χ2v) is 6.93. The fourth-order valence-corrected chi connectivity index (χ4v) is 3.78. The van der Waals surface area contributed by atoms with Gasteiger partial charge in [0.2, 0.25) is 0 Å². The number of thiazole rings is 1. The van der Waals surface area contributed by atoms with E-state index in [1.54, 1.807) is 30.7 Å². The van der Waals surface area contributed by atoms with Crippen LogP contribution < -0.4 is 4.80 Å². The first-order chi connectivity index (χ1) is 12.2. The van der Waals surface area contributed by atoms with Crippen molar-refractivity contribution in [3.8, 4) is 11.5 Å². The van der Waals surface area contributed by atoms with E-state index in [9.17, 15) is 0 Å². The van der Waals surface area contributed by atoms with Gasteiger partial charge in [-0.1, -0.05) is 23.2 Å². The van der Waals surface area contributed by atoms with E-state index in [0.717, 1.165) is 22.0 Å². The summed E-state index contributed by atoms with van der Waals surface area (Å²) in [4.78, 5) is 5.48. The lowest BCUT2D eigenvalue weighted by Gasteiger charge is -2.06. The van der Waals surface area contributed by atoms with Gasteiger partial charge in [0, 0.05) is 10.4 Å². The Labute approximate surface area is 157 Å². The van der Waals surface area contributed by atoms with Crippen molar-refractivity contribution >= 4 is 40.2 Å². The zero-order valence-electron chi connectivity index (χ0n) is 12.9. The minimum Gasteiger partial charge on any atom is -0.467 e. The molecule has 0 aliphatic heterocycles. The van der Waals surface area contributed by atoms with Crippen LogP contribution >= 0.6 is 34.5 Å². The highest BCUT2D eigenvalue weighted by Gasteiger charge is 2.12. The topological polar surface area (TPSA) is 43.6 Å². The molecule has 4 aromatic rings. The van der Waals surface area contributed by atoms with Crippen molar-refractivity contribution in [2.24, 2.45) is 4.99 Å². The number of benzene rings is 1. The normalized spacial score (nSPS) is 12.0. The molecule has 126 valence electrons. The second-order valence-electron chi connectivity index (χ2n) is 5.25. The lowest BCUT2D eigenvalue weighted by Crippen LogP contribution is -2.16. The van der Waals surface area contributed by atoms with Crippen LogP contribution in [0, 0.1) is 0 Å². The van der Waals surface area contributed by atoms with Crippen LogP contribution in [-0.2, 0) is 6.54 Å². The SMILES string of the molecule is Clc1ccc(N=c2scc(-c3ccco3)n2Cc2ccco2)c(Cl)c1. The molecule has 0 fully saturated rings. The molecule has 7 heteroatoms. The highest BCUT2D eigenvalue weighted by atomic mass is 35.5. The summed E-state index contributed by atoms with van der Waals surface area (Å²) in [6.45, 7) is 0.538. The van der Waals surface area contributed by atoms with Gasteiger partial charge in [-0.25, -0.2) is 4.99 Å². The van der Waals surface area contributed by atoms with Crippen molar-refractivity contribution in [1.29, 1.82) is 0 Å². The predicted molar refractivity (Wildman–Crippen MR) is 99.5 cm³/mol. The summed E-state index contributed by atoms with van der Waals surface area (Å²) in [6.07, 6.45) is 3.30. The number of hydrogen-bond donors (Lipinski definition) is 0. The first kappa shape index (κ1) is 16.3. The lowest BCUT2D eigenvalue weighted by atomic mass is 10.3.